The fourth-order valence-corrected chi connectivity index (χ4v) is 3.00. The Kier molecular flexibility index (Phi) is 2.54. The standard InChI is InChI=1S/C16H14N4O/c1-10-12-5-3-2-4-11(12)8-20(10)16(21)13-6-7-17-15-14(13)18-9-19-15/h2-7,9-10H,8H2,1H3,(H,17,18,19). The van der Waals surface area contributed by atoms with E-state index in [-0.39, 0.29) is 11.9 Å². The number of fused-ring (bicyclic) bond motifs is 2. The molecular weight excluding hydrogens is 264 g/mol. The molecule has 0 saturated heterocycles. The number of imidazole rings is 1. The number of nitrogens with zero attached hydrogens (tertiary/aromatic N) is 3. The van der Waals surface area contributed by atoms with Crippen LogP contribution in [0.25, 0.3) is 11.2 Å². The van der Waals surface area contributed by atoms with Gasteiger partial charge in [0.05, 0.1) is 23.4 Å². The Labute approximate surface area is 121 Å². The number of carbonyl (C=O) groups is 1. The van der Waals surface area contributed by atoms with Gasteiger partial charge in [0.25, 0.3) is 5.91 Å². The van der Waals surface area contributed by atoms with E-state index in [1.165, 1.54) is 11.1 Å². The largest absolute Gasteiger partial charge is 0.343 e. The van der Waals surface area contributed by atoms with E-state index >= 15 is 0 Å². The number of hydrogen-bond acceptors (Lipinski definition) is 3. The van der Waals surface area contributed by atoms with Gasteiger partial charge in [0, 0.05) is 12.7 Å². The third-order valence-corrected chi connectivity index (χ3v) is 4.13. The number of pyridine rings is 1. The first-order valence-corrected chi connectivity index (χ1v) is 6.92. The summed E-state index contributed by atoms with van der Waals surface area (Å²) in [5.41, 5.74) is 4.34. The third kappa shape index (κ3) is 1.74. The number of carbonyl (C=O) groups excluding carboxylic acids is 1. The molecule has 1 unspecified atom stereocenters. The molecule has 1 amide bonds. The highest BCUT2D eigenvalue weighted by Gasteiger charge is 2.31. The number of amides is 1. The molecule has 21 heavy (non-hydrogen) atoms. The summed E-state index contributed by atoms with van der Waals surface area (Å²) in [5, 5.41) is 0. The average molecular weight is 278 g/mol. The molecular formula is C16H14N4O. The molecule has 1 aliphatic rings. The zero-order valence-electron chi connectivity index (χ0n) is 11.6. The van der Waals surface area contributed by atoms with Crippen molar-refractivity contribution in [2.24, 2.45) is 0 Å². The number of aromatic nitrogens is 3. The Morgan fingerprint density at radius 1 is 1.29 bits per heavy atom. The number of benzene rings is 1. The van der Waals surface area contributed by atoms with E-state index < -0.39 is 0 Å². The molecule has 1 aliphatic heterocycles. The molecule has 3 heterocycles. The highest BCUT2D eigenvalue weighted by molar-refractivity contribution is 6.04. The first-order valence-electron chi connectivity index (χ1n) is 6.92. The van der Waals surface area contributed by atoms with Crippen LogP contribution in [0.2, 0.25) is 0 Å². The van der Waals surface area contributed by atoms with Crippen molar-refractivity contribution in [3.05, 3.63) is 59.5 Å². The van der Waals surface area contributed by atoms with Crippen LogP contribution in [0.5, 0.6) is 0 Å². The van der Waals surface area contributed by atoms with E-state index in [4.69, 9.17) is 0 Å². The monoisotopic (exact) mass is 278 g/mol. The van der Waals surface area contributed by atoms with Crippen molar-refractivity contribution in [1.82, 2.24) is 19.9 Å². The second-order valence-corrected chi connectivity index (χ2v) is 5.27. The molecule has 5 heteroatoms. The molecule has 4 rings (SSSR count). The topological polar surface area (TPSA) is 61.9 Å². The first-order chi connectivity index (χ1) is 10.3. The lowest BCUT2D eigenvalue weighted by atomic mass is 10.1. The Morgan fingerprint density at radius 2 is 2.14 bits per heavy atom. The SMILES string of the molecule is CC1c2ccccc2CN1C(=O)c1ccnc2nc[nH]c12. The summed E-state index contributed by atoms with van der Waals surface area (Å²) >= 11 is 0. The molecule has 3 aromatic rings. The van der Waals surface area contributed by atoms with Crippen molar-refractivity contribution in [1.29, 1.82) is 0 Å². The highest BCUT2D eigenvalue weighted by Crippen LogP contribution is 2.34. The quantitative estimate of drug-likeness (QED) is 0.744. The molecule has 0 bridgehead atoms. The van der Waals surface area contributed by atoms with Gasteiger partial charge < -0.3 is 9.88 Å². The molecule has 1 atom stereocenters. The molecule has 0 radical (unpaired) electrons. The predicted octanol–water partition coefficient (Wildman–Crippen LogP) is 2.67. The molecule has 0 saturated carbocycles. The van der Waals surface area contributed by atoms with Crippen LogP contribution in [0.1, 0.15) is 34.5 Å². The van der Waals surface area contributed by atoms with Crippen LogP contribution in [0.4, 0.5) is 0 Å². The number of nitrogens with one attached hydrogen (secondary N) is 1. The average Bonchev–Trinajstić information content (AvgIpc) is 3.11. The van der Waals surface area contributed by atoms with Gasteiger partial charge in [-0.25, -0.2) is 9.97 Å². The summed E-state index contributed by atoms with van der Waals surface area (Å²) < 4.78 is 0. The van der Waals surface area contributed by atoms with Gasteiger partial charge in [-0.05, 0) is 24.1 Å². The second kappa shape index (κ2) is 4.41. The molecule has 0 aliphatic carbocycles. The number of hydrogen-bond donors (Lipinski definition) is 1. The van der Waals surface area contributed by atoms with Gasteiger partial charge in [-0.3, -0.25) is 4.79 Å². The van der Waals surface area contributed by atoms with E-state index in [9.17, 15) is 4.79 Å². The van der Waals surface area contributed by atoms with E-state index in [0.29, 0.717) is 23.3 Å². The second-order valence-electron chi connectivity index (χ2n) is 5.27. The zero-order chi connectivity index (χ0) is 14.4. The van der Waals surface area contributed by atoms with E-state index in [1.54, 1.807) is 18.6 Å². The number of aromatic amines is 1. The maximum absolute atomic E-state index is 12.9. The van der Waals surface area contributed by atoms with Crippen molar-refractivity contribution in [2.45, 2.75) is 19.5 Å². The number of rotatable bonds is 1. The van der Waals surface area contributed by atoms with Crippen molar-refractivity contribution in [3.8, 4) is 0 Å². The zero-order valence-corrected chi connectivity index (χ0v) is 11.6. The van der Waals surface area contributed by atoms with Crippen LogP contribution in [-0.2, 0) is 6.54 Å². The van der Waals surface area contributed by atoms with Gasteiger partial charge in [-0.15, -0.1) is 0 Å². The number of H-pyrrole nitrogens is 1. The minimum absolute atomic E-state index is 0.00958. The van der Waals surface area contributed by atoms with Crippen molar-refractivity contribution in [3.63, 3.8) is 0 Å². The van der Waals surface area contributed by atoms with Crippen LogP contribution in [0, 0.1) is 0 Å². The van der Waals surface area contributed by atoms with Gasteiger partial charge >= 0.3 is 0 Å². The van der Waals surface area contributed by atoms with E-state index in [0.717, 1.165) is 0 Å². The van der Waals surface area contributed by atoms with Crippen LogP contribution >= 0.6 is 0 Å². The molecule has 2 aromatic heterocycles. The van der Waals surface area contributed by atoms with Crippen molar-refractivity contribution < 1.29 is 4.79 Å². The summed E-state index contributed by atoms with van der Waals surface area (Å²) in [6, 6.07) is 10.0. The molecule has 0 fully saturated rings. The van der Waals surface area contributed by atoms with Gasteiger partial charge in [-0.2, -0.15) is 0 Å². The summed E-state index contributed by atoms with van der Waals surface area (Å²) in [7, 11) is 0. The smallest absolute Gasteiger partial charge is 0.256 e. The minimum atomic E-state index is 0.00958. The molecule has 1 N–H and O–H groups in total. The lowest BCUT2D eigenvalue weighted by Gasteiger charge is -2.22. The van der Waals surface area contributed by atoms with Crippen LogP contribution in [-0.4, -0.2) is 25.8 Å². The normalized spacial score (nSPS) is 17.2. The van der Waals surface area contributed by atoms with Crippen LogP contribution < -0.4 is 0 Å². The fraction of sp³-hybridized carbons (Fsp3) is 0.188. The third-order valence-electron chi connectivity index (χ3n) is 4.13. The maximum atomic E-state index is 12.9. The highest BCUT2D eigenvalue weighted by atomic mass is 16.2. The van der Waals surface area contributed by atoms with Crippen molar-refractivity contribution >= 4 is 17.1 Å². The lowest BCUT2D eigenvalue weighted by molar-refractivity contribution is 0.0707. The summed E-state index contributed by atoms with van der Waals surface area (Å²) in [6.45, 7) is 2.71. The molecule has 0 spiro atoms. The Hall–Kier alpha value is -2.69. The van der Waals surface area contributed by atoms with Crippen LogP contribution in [0.15, 0.2) is 42.9 Å². The maximum Gasteiger partial charge on any atom is 0.256 e. The van der Waals surface area contributed by atoms with Gasteiger partial charge in [-0.1, -0.05) is 24.3 Å². The Bertz CT molecular complexity index is 839. The first kappa shape index (κ1) is 12.1. The van der Waals surface area contributed by atoms with Gasteiger partial charge in [0.2, 0.25) is 0 Å². The summed E-state index contributed by atoms with van der Waals surface area (Å²) in [6.07, 6.45) is 3.20. The molecule has 104 valence electrons. The van der Waals surface area contributed by atoms with Crippen molar-refractivity contribution in [2.75, 3.05) is 0 Å². The van der Waals surface area contributed by atoms with Gasteiger partial charge in [0.15, 0.2) is 5.65 Å². The molecule has 1 aromatic carbocycles. The minimum Gasteiger partial charge on any atom is -0.343 e. The van der Waals surface area contributed by atoms with Gasteiger partial charge in [0.1, 0.15) is 0 Å². The summed E-state index contributed by atoms with van der Waals surface area (Å²) in [4.78, 5) is 26.1. The van der Waals surface area contributed by atoms with E-state index in [1.807, 2.05) is 17.0 Å². The summed E-state index contributed by atoms with van der Waals surface area (Å²) in [5.74, 6) is 0.00958. The fourth-order valence-electron chi connectivity index (χ4n) is 3.00. The Balaban J connectivity index is 1.75. The lowest BCUT2D eigenvalue weighted by Crippen LogP contribution is -2.28. The molecule has 5 nitrogen and oxygen atoms in total. The Morgan fingerprint density at radius 3 is 3.00 bits per heavy atom. The predicted molar refractivity (Wildman–Crippen MR) is 78.6 cm³/mol. The van der Waals surface area contributed by atoms with Crippen LogP contribution in [0.3, 0.4) is 0 Å². The van der Waals surface area contributed by atoms with E-state index in [2.05, 4.69) is 34.0 Å².